The minimum absolute atomic E-state index is 0.254. The van der Waals surface area contributed by atoms with Gasteiger partial charge in [-0.1, -0.05) is 12.1 Å². The molecule has 4 heterocycles. The van der Waals surface area contributed by atoms with Crippen LogP contribution in [0.1, 0.15) is 17.1 Å². The van der Waals surface area contributed by atoms with Crippen molar-refractivity contribution in [3.05, 3.63) is 65.5 Å². The zero-order valence-electron chi connectivity index (χ0n) is 17.9. The van der Waals surface area contributed by atoms with Crippen molar-refractivity contribution in [1.29, 1.82) is 0 Å². The molecule has 1 saturated heterocycles. The molecule has 1 fully saturated rings. The van der Waals surface area contributed by atoms with E-state index < -0.39 is 0 Å². The Morgan fingerprint density at radius 3 is 2.06 bits per heavy atom. The van der Waals surface area contributed by atoms with Crippen LogP contribution >= 0.6 is 0 Å². The third-order valence-corrected chi connectivity index (χ3v) is 5.59. The van der Waals surface area contributed by atoms with Gasteiger partial charge in [-0.3, -0.25) is 0 Å². The lowest BCUT2D eigenvalue weighted by atomic mass is 10.1. The minimum atomic E-state index is -0.254. The topological polar surface area (TPSA) is 62.5 Å². The molecule has 0 spiro atoms. The predicted molar refractivity (Wildman–Crippen MR) is 119 cm³/mol. The van der Waals surface area contributed by atoms with Crippen LogP contribution in [0, 0.1) is 26.6 Å². The zero-order chi connectivity index (χ0) is 21.5. The predicted octanol–water partition coefficient (Wildman–Crippen LogP) is 3.58. The Bertz CT molecular complexity index is 1220. The lowest BCUT2D eigenvalue weighted by Gasteiger charge is -2.36. The number of aryl methyl sites for hydroxylation is 3. The number of anilines is 2. The zero-order valence-corrected chi connectivity index (χ0v) is 17.9. The van der Waals surface area contributed by atoms with E-state index in [1.54, 1.807) is 18.3 Å². The van der Waals surface area contributed by atoms with Gasteiger partial charge in [0.2, 0.25) is 5.95 Å². The first-order valence-electron chi connectivity index (χ1n) is 10.4. The Balaban J connectivity index is 1.44. The first-order chi connectivity index (χ1) is 15.0. The molecule has 0 radical (unpaired) electrons. The molecule has 158 valence electrons. The van der Waals surface area contributed by atoms with Crippen LogP contribution in [0.3, 0.4) is 0 Å². The largest absolute Gasteiger partial charge is 0.353 e. The fraction of sp³-hybridized carbons (Fsp3) is 0.304. The van der Waals surface area contributed by atoms with Gasteiger partial charge in [-0.15, -0.1) is 0 Å². The van der Waals surface area contributed by atoms with E-state index >= 15 is 0 Å². The highest BCUT2D eigenvalue weighted by atomic mass is 19.1. The summed E-state index contributed by atoms with van der Waals surface area (Å²) in [6.07, 6.45) is 1.80. The van der Waals surface area contributed by atoms with Crippen LogP contribution in [0.5, 0.6) is 0 Å². The summed E-state index contributed by atoms with van der Waals surface area (Å²) in [5.74, 6) is 1.55. The third-order valence-electron chi connectivity index (χ3n) is 5.59. The molecule has 0 amide bonds. The van der Waals surface area contributed by atoms with Gasteiger partial charge >= 0.3 is 0 Å². The van der Waals surface area contributed by atoms with E-state index in [1.165, 1.54) is 12.1 Å². The Labute approximate surface area is 180 Å². The van der Waals surface area contributed by atoms with Crippen molar-refractivity contribution < 1.29 is 4.39 Å². The fourth-order valence-corrected chi connectivity index (χ4v) is 4.11. The Morgan fingerprint density at radius 1 is 0.774 bits per heavy atom. The van der Waals surface area contributed by atoms with Crippen LogP contribution in [0.4, 0.5) is 16.2 Å². The monoisotopic (exact) mass is 417 g/mol. The molecule has 0 bridgehead atoms. The second-order valence-corrected chi connectivity index (χ2v) is 7.98. The SMILES string of the molecule is Cc1cc(C)nc(N2CCN(c3cc(C)nc4c(-c5ccc(F)cc5)cnn34)CC2)n1. The Morgan fingerprint density at radius 2 is 1.39 bits per heavy atom. The first kappa shape index (κ1) is 19.4. The molecule has 1 aromatic carbocycles. The Kier molecular flexibility index (Phi) is 4.77. The molecule has 1 aliphatic heterocycles. The highest BCUT2D eigenvalue weighted by molar-refractivity contribution is 5.78. The third kappa shape index (κ3) is 3.69. The second-order valence-electron chi connectivity index (χ2n) is 7.98. The van der Waals surface area contributed by atoms with Crippen LogP contribution in [0.2, 0.25) is 0 Å². The molecule has 0 atom stereocenters. The summed E-state index contributed by atoms with van der Waals surface area (Å²) in [5.41, 5.74) is 5.47. The van der Waals surface area contributed by atoms with Gasteiger partial charge in [0.15, 0.2) is 5.65 Å². The number of piperazine rings is 1. The number of rotatable bonds is 3. The van der Waals surface area contributed by atoms with Gasteiger partial charge in [0.05, 0.1) is 6.20 Å². The summed E-state index contributed by atoms with van der Waals surface area (Å²) in [4.78, 5) is 18.5. The van der Waals surface area contributed by atoms with Crippen LogP contribution in [0.25, 0.3) is 16.8 Å². The van der Waals surface area contributed by atoms with Gasteiger partial charge in [0, 0.05) is 54.9 Å². The lowest BCUT2D eigenvalue weighted by molar-refractivity contribution is 0.625. The van der Waals surface area contributed by atoms with Crippen molar-refractivity contribution >= 4 is 17.4 Å². The first-order valence-corrected chi connectivity index (χ1v) is 10.4. The maximum absolute atomic E-state index is 13.4. The number of hydrogen-bond donors (Lipinski definition) is 0. The highest BCUT2D eigenvalue weighted by Crippen LogP contribution is 2.28. The minimum Gasteiger partial charge on any atom is -0.353 e. The van der Waals surface area contributed by atoms with Gasteiger partial charge in [0.25, 0.3) is 0 Å². The van der Waals surface area contributed by atoms with Gasteiger partial charge < -0.3 is 9.80 Å². The van der Waals surface area contributed by atoms with Gasteiger partial charge in [-0.2, -0.15) is 9.61 Å². The number of nitrogens with zero attached hydrogens (tertiary/aromatic N) is 7. The average Bonchev–Trinajstić information content (AvgIpc) is 3.17. The maximum atomic E-state index is 13.4. The number of benzene rings is 1. The summed E-state index contributed by atoms with van der Waals surface area (Å²) in [7, 11) is 0. The molecule has 5 rings (SSSR count). The normalized spacial score (nSPS) is 14.5. The highest BCUT2D eigenvalue weighted by Gasteiger charge is 2.23. The van der Waals surface area contributed by atoms with Crippen LogP contribution in [-0.2, 0) is 0 Å². The van der Waals surface area contributed by atoms with Gasteiger partial charge in [-0.25, -0.2) is 19.3 Å². The summed E-state index contributed by atoms with van der Waals surface area (Å²) in [6, 6.07) is 10.5. The van der Waals surface area contributed by atoms with Crippen LogP contribution < -0.4 is 9.80 Å². The summed E-state index contributed by atoms with van der Waals surface area (Å²) in [6.45, 7) is 9.32. The molecular weight excluding hydrogens is 393 g/mol. The number of aromatic nitrogens is 5. The molecule has 0 N–H and O–H groups in total. The molecule has 1 aliphatic rings. The fourth-order valence-electron chi connectivity index (χ4n) is 4.11. The second kappa shape index (κ2) is 7.61. The number of fused-ring (bicyclic) bond motifs is 1. The van der Waals surface area contributed by atoms with Crippen molar-refractivity contribution in [2.24, 2.45) is 0 Å². The molecule has 8 heteroatoms. The molecule has 0 unspecified atom stereocenters. The number of halogens is 1. The quantitative estimate of drug-likeness (QED) is 0.508. The smallest absolute Gasteiger partial charge is 0.225 e. The van der Waals surface area contributed by atoms with Gasteiger partial charge in [-0.05, 0) is 44.5 Å². The standard InChI is InChI=1S/C23H24FN7/c1-15-12-16(2)28-23(27-15)30-10-8-29(9-11-30)21-13-17(3)26-22-20(14-25-31(21)22)18-4-6-19(24)7-5-18/h4-7,12-14H,8-11H2,1-3H3. The van der Waals surface area contributed by atoms with E-state index in [2.05, 4.69) is 30.9 Å². The summed E-state index contributed by atoms with van der Waals surface area (Å²) in [5, 5.41) is 4.61. The molecular formula is C23H24FN7. The van der Waals surface area contributed by atoms with E-state index in [-0.39, 0.29) is 5.82 Å². The summed E-state index contributed by atoms with van der Waals surface area (Å²) < 4.78 is 15.2. The molecule has 3 aromatic heterocycles. The molecule has 7 nitrogen and oxygen atoms in total. The summed E-state index contributed by atoms with van der Waals surface area (Å²) >= 11 is 0. The molecule has 31 heavy (non-hydrogen) atoms. The van der Waals surface area contributed by atoms with E-state index in [4.69, 9.17) is 4.98 Å². The Hall–Kier alpha value is -3.55. The molecule has 0 saturated carbocycles. The maximum Gasteiger partial charge on any atom is 0.225 e. The van der Waals surface area contributed by atoms with E-state index in [0.29, 0.717) is 0 Å². The molecule has 4 aromatic rings. The average molecular weight is 417 g/mol. The van der Waals surface area contributed by atoms with E-state index in [1.807, 2.05) is 31.4 Å². The van der Waals surface area contributed by atoms with E-state index in [0.717, 1.165) is 71.8 Å². The van der Waals surface area contributed by atoms with Gasteiger partial charge in [0.1, 0.15) is 11.6 Å². The van der Waals surface area contributed by atoms with Crippen LogP contribution in [-0.4, -0.2) is 50.7 Å². The van der Waals surface area contributed by atoms with Crippen molar-refractivity contribution in [3.63, 3.8) is 0 Å². The van der Waals surface area contributed by atoms with Crippen molar-refractivity contribution in [3.8, 4) is 11.1 Å². The van der Waals surface area contributed by atoms with Crippen molar-refractivity contribution in [1.82, 2.24) is 24.6 Å². The van der Waals surface area contributed by atoms with Crippen molar-refractivity contribution in [2.45, 2.75) is 20.8 Å². The lowest BCUT2D eigenvalue weighted by Crippen LogP contribution is -2.47. The van der Waals surface area contributed by atoms with Crippen LogP contribution in [0.15, 0.2) is 42.6 Å². The number of hydrogen-bond acceptors (Lipinski definition) is 6. The van der Waals surface area contributed by atoms with E-state index in [9.17, 15) is 4.39 Å². The molecule has 0 aliphatic carbocycles. The van der Waals surface area contributed by atoms with Crippen molar-refractivity contribution in [2.75, 3.05) is 36.0 Å².